The number of carboxylic acids is 1. The summed E-state index contributed by atoms with van der Waals surface area (Å²) in [7, 11) is 0. The second-order valence-corrected chi connectivity index (χ2v) is 8.72. The number of aliphatic carboxylic acids is 1. The fraction of sp³-hybridized carbons (Fsp3) is 0.474. The first-order valence-electron chi connectivity index (χ1n) is 9.37. The Labute approximate surface area is 171 Å². The van der Waals surface area contributed by atoms with Crippen molar-refractivity contribution in [3.8, 4) is 0 Å². The Morgan fingerprint density at radius 3 is 2.89 bits per heavy atom. The number of carboxylic acid groups (broad SMARTS) is 1. The fourth-order valence-corrected chi connectivity index (χ4v) is 5.11. The van der Waals surface area contributed by atoms with Crippen LogP contribution >= 0.6 is 23.1 Å². The first-order chi connectivity index (χ1) is 13.5. The Bertz CT molecular complexity index is 896. The summed E-state index contributed by atoms with van der Waals surface area (Å²) >= 11 is 2.88. The number of hydrogen-bond acceptors (Lipinski definition) is 7. The number of rotatable bonds is 9. The second kappa shape index (κ2) is 9.49. The van der Waals surface area contributed by atoms with Crippen LogP contribution in [-0.2, 0) is 9.59 Å². The van der Waals surface area contributed by atoms with Crippen molar-refractivity contribution in [1.82, 2.24) is 4.98 Å². The summed E-state index contributed by atoms with van der Waals surface area (Å²) in [6.07, 6.45) is 3.53. The van der Waals surface area contributed by atoms with Crippen LogP contribution in [0.2, 0.25) is 0 Å². The Hall–Kier alpha value is -1.97. The van der Waals surface area contributed by atoms with Crippen molar-refractivity contribution < 1.29 is 14.7 Å². The van der Waals surface area contributed by atoms with Crippen LogP contribution in [0, 0.1) is 5.92 Å². The van der Waals surface area contributed by atoms with Crippen LogP contribution in [0.5, 0.6) is 0 Å². The number of nitrogens with zero attached hydrogens (tertiary/aromatic N) is 2. The van der Waals surface area contributed by atoms with E-state index in [1.54, 1.807) is 0 Å². The highest BCUT2D eigenvalue weighted by Gasteiger charge is 2.27. The number of unbranched alkanes of at least 4 members (excludes halogenated alkanes) is 1. The van der Waals surface area contributed by atoms with Gasteiger partial charge < -0.3 is 16.2 Å². The van der Waals surface area contributed by atoms with Gasteiger partial charge >= 0.3 is 5.97 Å². The number of hydrogen-bond donors (Lipinski definition) is 3. The summed E-state index contributed by atoms with van der Waals surface area (Å²) in [6, 6.07) is 4.93. The minimum atomic E-state index is -0.912. The molecule has 0 radical (unpaired) electrons. The molecule has 7 nitrogen and oxygen atoms in total. The van der Waals surface area contributed by atoms with Gasteiger partial charge in [0.15, 0.2) is 6.04 Å². The number of nitrogens with two attached hydrogens (primary N) is 1. The zero-order chi connectivity index (χ0) is 20.1. The number of fused-ring (bicyclic) bond motifs is 1. The number of thioether (sulfide) groups is 1. The standard InChI is InChI=1S/C19H24N4O3S2/c1-2-11(5-3-4-8-20)16(24)21-12-6-7-13-15(9-12)28-18(22-13)17-23-14(10-27-17)19(25)26/h6-7,9,11,14H,2-5,8,10,20H2,1H3,(H,21,24)(H,25,26)/t11-,14+/m0/s1. The Kier molecular flexibility index (Phi) is 7.03. The average Bonchev–Trinajstić information content (AvgIpc) is 3.31. The van der Waals surface area contributed by atoms with Gasteiger partial charge in [-0.25, -0.2) is 9.78 Å². The van der Waals surface area contributed by atoms with Gasteiger partial charge in [-0.1, -0.05) is 13.3 Å². The molecular weight excluding hydrogens is 396 g/mol. The lowest BCUT2D eigenvalue weighted by Gasteiger charge is -2.14. The van der Waals surface area contributed by atoms with E-state index in [9.17, 15) is 9.59 Å². The lowest BCUT2D eigenvalue weighted by atomic mass is 9.98. The van der Waals surface area contributed by atoms with Crippen LogP contribution in [0.4, 0.5) is 5.69 Å². The monoisotopic (exact) mass is 420 g/mol. The SMILES string of the molecule is CC[C@@H](CCCCN)C(=O)Nc1ccc2nc(C3=N[C@@H](C(=O)O)CS3)sc2c1. The smallest absolute Gasteiger partial charge is 0.329 e. The fourth-order valence-electron chi connectivity index (χ4n) is 3.01. The number of anilines is 1. The number of aliphatic imine (C=N–C) groups is 1. The molecule has 1 aromatic carbocycles. The van der Waals surface area contributed by atoms with Crippen molar-refractivity contribution in [2.24, 2.45) is 16.6 Å². The molecule has 1 aliphatic rings. The van der Waals surface area contributed by atoms with Crippen LogP contribution in [-0.4, -0.2) is 45.4 Å². The maximum atomic E-state index is 12.6. The topological polar surface area (TPSA) is 118 Å². The van der Waals surface area contributed by atoms with Gasteiger partial charge in [0, 0.05) is 17.4 Å². The zero-order valence-corrected chi connectivity index (χ0v) is 17.3. The molecule has 28 heavy (non-hydrogen) atoms. The molecule has 150 valence electrons. The Balaban J connectivity index is 1.71. The number of nitrogens with one attached hydrogen (secondary N) is 1. The number of thiazole rings is 1. The van der Waals surface area contributed by atoms with Gasteiger partial charge in [-0.05, 0) is 44.0 Å². The molecule has 4 N–H and O–H groups in total. The van der Waals surface area contributed by atoms with Crippen LogP contribution < -0.4 is 11.1 Å². The first kappa shape index (κ1) is 20.8. The molecule has 0 saturated carbocycles. The minimum absolute atomic E-state index is 0.0172. The van der Waals surface area contributed by atoms with E-state index in [1.165, 1.54) is 23.1 Å². The molecule has 3 rings (SSSR count). The van der Waals surface area contributed by atoms with Gasteiger partial charge in [-0.2, -0.15) is 0 Å². The lowest BCUT2D eigenvalue weighted by molar-refractivity contribution is -0.137. The van der Waals surface area contributed by atoms with Gasteiger partial charge in [0.2, 0.25) is 5.91 Å². The third kappa shape index (κ3) is 4.89. The molecule has 2 atom stereocenters. The van der Waals surface area contributed by atoms with E-state index < -0.39 is 12.0 Å². The molecule has 1 aromatic heterocycles. The van der Waals surface area contributed by atoms with E-state index in [0.717, 1.165) is 46.6 Å². The molecule has 0 bridgehead atoms. The number of carbonyl (C=O) groups excluding carboxylic acids is 1. The van der Waals surface area contributed by atoms with Crippen LogP contribution in [0.3, 0.4) is 0 Å². The summed E-state index contributed by atoms with van der Waals surface area (Å²) in [5.41, 5.74) is 7.09. The highest BCUT2D eigenvalue weighted by Crippen LogP contribution is 2.31. The molecule has 9 heteroatoms. The second-order valence-electron chi connectivity index (χ2n) is 6.68. The van der Waals surface area contributed by atoms with Crippen LogP contribution in [0.15, 0.2) is 23.2 Å². The van der Waals surface area contributed by atoms with Crippen molar-refractivity contribution in [3.05, 3.63) is 23.2 Å². The van der Waals surface area contributed by atoms with Crippen LogP contribution in [0.25, 0.3) is 10.2 Å². The highest BCUT2D eigenvalue weighted by atomic mass is 32.2. The molecule has 2 heterocycles. The largest absolute Gasteiger partial charge is 0.480 e. The van der Waals surface area contributed by atoms with Gasteiger partial charge in [-0.3, -0.25) is 9.79 Å². The highest BCUT2D eigenvalue weighted by molar-refractivity contribution is 8.15. The number of amides is 1. The van der Waals surface area contributed by atoms with Crippen molar-refractivity contribution in [2.75, 3.05) is 17.6 Å². The number of carbonyl (C=O) groups is 2. The molecule has 0 fully saturated rings. The quantitative estimate of drug-likeness (QED) is 0.536. The normalized spacial score (nSPS) is 17.5. The van der Waals surface area contributed by atoms with Crippen LogP contribution in [0.1, 0.15) is 37.6 Å². The molecule has 0 spiro atoms. The molecule has 1 amide bonds. The summed E-state index contributed by atoms with van der Waals surface area (Å²) in [5, 5.41) is 13.5. The third-order valence-electron chi connectivity index (χ3n) is 4.65. The lowest BCUT2D eigenvalue weighted by Crippen LogP contribution is -2.22. The van der Waals surface area contributed by atoms with Gasteiger partial charge in [-0.15, -0.1) is 23.1 Å². The number of benzene rings is 1. The van der Waals surface area contributed by atoms with E-state index in [-0.39, 0.29) is 11.8 Å². The maximum absolute atomic E-state index is 12.6. The average molecular weight is 421 g/mol. The molecule has 2 aromatic rings. The van der Waals surface area contributed by atoms with Crippen molar-refractivity contribution in [1.29, 1.82) is 0 Å². The van der Waals surface area contributed by atoms with E-state index in [4.69, 9.17) is 10.8 Å². The molecule has 0 unspecified atom stereocenters. The summed E-state index contributed by atoms with van der Waals surface area (Å²) in [6.45, 7) is 2.68. The van der Waals surface area contributed by atoms with Gasteiger partial charge in [0.25, 0.3) is 0 Å². The zero-order valence-electron chi connectivity index (χ0n) is 15.7. The maximum Gasteiger partial charge on any atom is 0.329 e. The Morgan fingerprint density at radius 2 is 2.21 bits per heavy atom. The van der Waals surface area contributed by atoms with Crippen molar-refractivity contribution in [3.63, 3.8) is 0 Å². The Morgan fingerprint density at radius 1 is 1.39 bits per heavy atom. The predicted octanol–water partition coefficient (Wildman–Crippen LogP) is 3.34. The van der Waals surface area contributed by atoms with E-state index in [2.05, 4.69) is 15.3 Å². The van der Waals surface area contributed by atoms with E-state index >= 15 is 0 Å². The summed E-state index contributed by atoms with van der Waals surface area (Å²) in [5.74, 6) is -0.463. The summed E-state index contributed by atoms with van der Waals surface area (Å²) in [4.78, 5) is 32.4. The molecule has 1 aliphatic heterocycles. The van der Waals surface area contributed by atoms with Gasteiger partial charge in [0.1, 0.15) is 10.1 Å². The minimum Gasteiger partial charge on any atom is -0.480 e. The molecule has 0 saturated heterocycles. The molecular formula is C19H24N4O3S2. The molecule has 0 aliphatic carbocycles. The van der Waals surface area contributed by atoms with E-state index in [1.807, 2.05) is 25.1 Å². The van der Waals surface area contributed by atoms with Crippen molar-refractivity contribution >= 4 is 55.9 Å². The van der Waals surface area contributed by atoms with Gasteiger partial charge in [0.05, 0.1) is 10.2 Å². The van der Waals surface area contributed by atoms with E-state index in [0.29, 0.717) is 17.3 Å². The predicted molar refractivity (Wildman–Crippen MR) is 115 cm³/mol. The summed E-state index contributed by atoms with van der Waals surface area (Å²) < 4.78 is 0.936. The third-order valence-corrected chi connectivity index (χ3v) is 6.85. The van der Waals surface area contributed by atoms with Crippen molar-refractivity contribution in [2.45, 2.75) is 38.6 Å². The number of aromatic nitrogens is 1. The first-order valence-corrected chi connectivity index (χ1v) is 11.2.